The highest BCUT2D eigenvalue weighted by Crippen LogP contribution is 2.35. The summed E-state index contributed by atoms with van der Waals surface area (Å²) in [4.78, 5) is 17.7. The van der Waals surface area contributed by atoms with Crippen LogP contribution in [-0.4, -0.2) is 31.5 Å². The molecule has 0 saturated heterocycles. The Morgan fingerprint density at radius 3 is 2.38 bits per heavy atom. The van der Waals surface area contributed by atoms with Crippen LogP contribution in [0.1, 0.15) is 5.69 Å². The number of Topliss-reactive ketones (excluding diaryl/α,β-unsaturated/α-hetero) is 1. The first-order valence-corrected chi connectivity index (χ1v) is 8.22. The van der Waals surface area contributed by atoms with E-state index in [4.69, 9.17) is 15.2 Å². The molecule has 0 amide bonds. The Balaban J connectivity index is 1.79. The van der Waals surface area contributed by atoms with Crippen molar-refractivity contribution in [3.63, 3.8) is 0 Å². The lowest BCUT2D eigenvalue weighted by Gasteiger charge is -2.20. The average molecular weight is 349 g/mol. The average Bonchev–Trinajstić information content (AvgIpc) is 3.21. The third kappa shape index (κ3) is 2.56. The monoisotopic (exact) mass is 349 g/mol. The number of rotatable bonds is 4. The van der Waals surface area contributed by atoms with E-state index in [0.717, 1.165) is 22.3 Å². The highest BCUT2D eigenvalue weighted by atomic mass is 16.5. The van der Waals surface area contributed by atoms with Crippen LogP contribution in [0.15, 0.2) is 54.4 Å². The molecule has 0 radical (unpaired) electrons. The molecule has 0 spiro atoms. The summed E-state index contributed by atoms with van der Waals surface area (Å²) in [5, 5.41) is 1.04. The van der Waals surface area contributed by atoms with Gasteiger partial charge in [-0.2, -0.15) is 0 Å². The van der Waals surface area contributed by atoms with Gasteiger partial charge >= 0.3 is 0 Å². The Morgan fingerprint density at radius 1 is 1.04 bits per heavy atom. The summed E-state index contributed by atoms with van der Waals surface area (Å²) in [5.74, 6) is 1.66. The van der Waals surface area contributed by atoms with Crippen molar-refractivity contribution in [1.82, 2.24) is 4.98 Å². The second-order valence-corrected chi connectivity index (χ2v) is 6.11. The summed E-state index contributed by atoms with van der Waals surface area (Å²) in [6, 6.07) is 15.3. The number of para-hydroxylation sites is 1. The molecule has 3 aromatic rings. The molecule has 0 bridgehead atoms. The van der Waals surface area contributed by atoms with Crippen LogP contribution in [0.2, 0.25) is 0 Å². The maximum absolute atomic E-state index is 12.7. The number of methoxy groups -OCH3 is 2. The summed E-state index contributed by atoms with van der Waals surface area (Å²) in [6.45, 7) is 0.173. The number of carbonyl (C=O) groups is 1. The number of H-pyrrole nitrogens is 1. The number of carbonyl (C=O) groups excluding carboxylic acids is 1. The van der Waals surface area contributed by atoms with Gasteiger partial charge in [-0.25, -0.2) is 0 Å². The molecule has 2 aromatic carbocycles. The molecule has 1 aliphatic heterocycles. The fraction of sp³-hybridized carbons (Fsp3) is 0.150. The summed E-state index contributed by atoms with van der Waals surface area (Å²) < 4.78 is 10.6. The van der Waals surface area contributed by atoms with Gasteiger partial charge in [-0.1, -0.05) is 18.2 Å². The second-order valence-electron chi connectivity index (χ2n) is 6.11. The van der Waals surface area contributed by atoms with Crippen molar-refractivity contribution < 1.29 is 14.3 Å². The van der Waals surface area contributed by atoms with Gasteiger partial charge in [-0.15, -0.1) is 0 Å². The number of anilines is 1. The van der Waals surface area contributed by atoms with Crippen LogP contribution in [-0.2, 0) is 4.79 Å². The number of ether oxygens (including phenoxy) is 2. The van der Waals surface area contributed by atoms with E-state index in [1.807, 2.05) is 42.5 Å². The zero-order valence-corrected chi connectivity index (χ0v) is 14.6. The first-order chi connectivity index (χ1) is 12.6. The van der Waals surface area contributed by atoms with E-state index in [0.29, 0.717) is 22.9 Å². The van der Waals surface area contributed by atoms with Crippen LogP contribution in [0.4, 0.5) is 5.69 Å². The van der Waals surface area contributed by atoms with E-state index in [-0.39, 0.29) is 12.3 Å². The topological polar surface area (TPSA) is 80.6 Å². The van der Waals surface area contributed by atoms with Gasteiger partial charge in [0.1, 0.15) is 17.3 Å². The van der Waals surface area contributed by atoms with Crippen LogP contribution in [0.5, 0.6) is 11.5 Å². The van der Waals surface area contributed by atoms with Gasteiger partial charge in [-0.05, 0) is 12.1 Å². The van der Waals surface area contributed by atoms with Crippen molar-refractivity contribution in [2.75, 3.05) is 25.7 Å². The molecule has 4 rings (SSSR count). The number of aromatic amines is 1. The van der Waals surface area contributed by atoms with Gasteiger partial charge in [-0.3, -0.25) is 4.79 Å². The predicted molar refractivity (Wildman–Crippen MR) is 101 cm³/mol. The number of nitrogens with one attached hydrogen (secondary N) is 1. The number of ketones is 1. The molecule has 0 aliphatic carbocycles. The van der Waals surface area contributed by atoms with Crippen LogP contribution in [0.25, 0.3) is 16.5 Å². The summed E-state index contributed by atoms with van der Waals surface area (Å²) >= 11 is 0. The maximum Gasteiger partial charge on any atom is 0.188 e. The van der Waals surface area contributed by atoms with Crippen molar-refractivity contribution in [2.45, 2.75) is 0 Å². The number of fused-ring (bicyclic) bond motifs is 1. The second kappa shape index (κ2) is 6.15. The molecule has 6 heteroatoms. The Labute approximate surface area is 150 Å². The molecule has 0 atom stereocenters. The first kappa shape index (κ1) is 16.1. The predicted octanol–water partition coefficient (Wildman–Crippen LogP) is 2.90. The van der Waals surface area contributed by atoms with E-state index in [1.165, 1.54) is 0 Å². The molecule has 0 saturated carbocycles. The Bertz CT molecular complexity index is 980. The van der Waals surface area contributed by atoms with Crippen molar-refractivity contribution in [2.24, 2.45) is 5.73 Å². The minimum atomic E-state index is -0.0316. The molecule has 2 heterocycles. The molecule has 1 aromatic heterocycles. The van der Waals surface area contributed by atoms with Gasteiger partial charge in [0.05, 0.1) is 37.7 Å². The third-order valence-corrected chi connectivity index (χ3v) is 4.57. The fourth-order valence-electron chi connectivity index (χ4n) is 3.26. The van der Waals surface area contributed by atoms with Gasteiger partial charge in [0, 0.05) is 29.1 Å². The number of benzene rings is 2. The highest BCUT2D eigenvalue weighted by molar-refractivity contribution is 6.26. The normalized spacial score (nSPS) is 14.4. The first-order valence-electron chi connectivity index (χ1n) is 8.22. The Morgan fingerprint density at radius 2 is 1.73 bits per heavy atom. The minimum absolute atomic E-state index is 0.0316. The Kier molecular flexibility index (Phi) is 3.80. The number of nitrogens with two attached hydrogens (primary N) is 1. The minimum Gasteiger partial charge on any atom is -0.497 e. The number of hydrogen-bond acceptors (Lipinski definition) is 5. The zero-order valence-electron chi connectivity index (χ0n) is 14.6. The molecule has 132 valence electrons. The largest absolute Gasteiger partial charge is 0.497 e. The van der Waals surface area contributed by atoms with Crippen molar-refractivity contribution in [3.05, 3.63) is 60.0 Å². The van der Waals surface area contributed by atoms with Gasteiger partial charge in [0.15, 0.2) is 5.78 Å². The summed E-state index contributed by atoms with van der Waals surface area (Å²) in [7, 11) is 3.17. The van der Waals surface area contributed by atoms with Crippen molar-refractivity contribution >= 4 is 27.9 Å². The van der Waals surface area contributed by atoms with E-state index < -0.39 is 0 Å². The molecule has 0 unspecified atom stereocenters. The molecule has 3 N–H and O–H groups in total. The summed E-state index contributed by atoms with van der Waals surface area (Å²) in [5.41, 5.74) is 9.31. The lowest BCUT2D eigenvalue weighted by atomic mass is 10.1. The molecule has 1 aliphatic rings. The highest BCUT2D eigenvalue weighted by Gasteiger charge is 2.31. The number of nitrogens with zero attached hydrogens (tertiary/aromatic N) is 1. The van der Waals surface area contributed by atoms with E-state index in [9.17, 15) is 4.79 Å². The lowest BCUT2D eigenvalue weighted by Crippen LogP contribution is -2.25. The Hall–Kier alpha value is -3.41. The molecule has 0 fully saturated rings. The van der Waals surface area contributed by atoms with Crippen LogP contribution in [0, 0.1) is 0 Å². The van der Waals surface area contributed by atoms with E-state index in [1.54, 1.807) is 25.2 Å². The van der Waals surface area contributed by atoms with Crippen LogP contribution in [0.3, 0.4) is 0 Å². The van der Waals surface area contributed by atoms with Crippen LogP contribution < -0.4 is 20.1 Å². The zero-order chi connectivity index (χ0) is 18.3. The fourth-order valence-corrected chi connectivity index (χ4v) is 3.26. The maximum atomic E-state index is 12.7. The van der Waals surface area contributed by atoms with E-state index >= 15 is 0 Å². The molecular weight excluding hydrogens is 330 g/mol. The van der Waals surface area contributed by atoms with Gasteiger partial charge < -0.3 is 25.1 Å². The van der Waals surface area contributed by atoms with Crippen LogP contribution >= 0.6 is 0 Å². The lowest BCUT2D eigenvalue weighted by molar-refractivity contribution is -0.112. The smallest absolute Gasteiger partial charge is 0.188 e. The van der Waals surface area contributed by atoms with Gasteiger partial charge in [0.2, 0.25) is 0 Å². The standard InChI is InChI=1S/C20H19N3O3/c1-25-14-8-13(9-15(10-14)26-2)23-11-18(24)19(20(23)21)17-7-12-5-3-4-6-16(12)22-17/h3-10,22H,11,21H2,1-2H3. The molecule has 6 nitrogen and oxygen atoms in total. The number of aromatic nitrogens is 1. The van der Waals surface area contributed by atoms with E-state index in [2.05, 4.69) is 4.98 Å². The molecular formula is C20H19N3O3. The SMILES string of the molecule is COc1cc(OC)cc(N2CC(=O)C(c3cc4ccccc4[nH]3)=C2N)c1. The van der Waals surface area contributed by atoms with Crippen molar-refractivity contribution in [3.8, 4) is 11.5 Å². The molecule has 26 heavy (non-hydrogen) atoms. The number of hydrogen-bond donors (Lipinski definition) is 2. The quantitative estimate of drug-likeness (QED) is 0.757. The van der Waals surface area contributed by atoms with Crippen molar-refractivity contribution in [1.29, 1.82) is 0 Å². The third-order valence-electron chi connectivity index (χ3n) is 4.57. The van der Waals surface area contributed by atoms with Gasteiger partial charge in [0.25, 0.3) is 0 Å². The summed E-state index contributed by atoms with van der Waals surface area (Å²) in [6.07, 6.45) is 0.